The molecule has 1 aliphatic rings. The normalized spacial score (nSPS) is 21.6. The molecule has 4 nitrogen and oxygen atoms in total. The van der Waals surface area contributed by atoms with E-state index in [1.165, 1.54) is 12.1 Å². The van der Waals surface area contributed by atoms with E-state index in [-0.39, 0.29) is 17.4 Å². The monoisotopic (exact) mass is 290 g/mol. The molecule has 1 N–H and O–H groups in total. The van der Waals surface area contributed by atoms with Crippen molar-refractivity contribution >= 4 is 5.97 Å². The van der Waals surface area contributed by atoms with E-state index in [2.05, 4.69) is 9.47 Å². The van der Waals surface area contributed by atoms with E-state index in [1.807, 2.05) is 0 Å². The van der Waals surface area contributed by atoms with Crippen molar-refractivity contribution in [3.63, 3.8) is 0 Å². The van der Waals surface area contributed by atoms with Gasteiger partial charge >= 0.3 is 18.4 Å². The third-order valence-electron chi connectivity index (χ3n) is 3.00. The van der Waals surface area contributed by atoms with Crippen molar-refractivity contribution in [3.8, 4) is 11.5 Å². The molecule has 0 aromatic heterocycles. The molecular weight excluding hydrogens is 277 g/mol. The lowest BCUT2D eigenvalue weighted by Gasteiger charge is -2.29. The SMILES string of the molecule is CC(C)C(C(=O)O)c1ccc2c(c1)OC(F)C(F)(F)O2. The van der Waals surface area contributed by atoms with Crippen LogP contribution in [0.3, 0.4) is 0 Å². The van der Waals surface area contributed by atoms with Crippen LogP contribution in [0.1, 0.15) is 25.3 Å². The number of carboxylic acids is 1. The molecule has 2 atom stereocenters. The number of aliphatic carboxylic acids is 1. The number of benzene rings is 1. The van der Waals surface area contributed by atoms with Gasteiger partial charge in [0, 0.05) is 0 Å². The van der Waals surface area contributed by atoms with Crippen molar-refractivity contribution in [2.45, 2.75) is 32.2 Å². The first kappa shape index (κ1) is 14.5. The predicted molar refractivity (Wildman–Crippen MR) is 62.8 cm³/mol. The van der Waals surface area contributed by atoms with Crippen LogP contribution in [-0.2, 0) is 4.79 Å². The van der Waals surface area contributed by atoms with E-state index >= 15 is 0 Å². The molecule has 110 valence electrons. The summed E-state index contributed by atoms with van der Waals surface area (Å²) in [5.41, 5.74) is 0.340. The van der Waals surface area contributed by atoms with Crippen LogP contribution in [0.15, 0.2) is 18.2 Å². The summed E-state index contributed by atoms with van der Waals surface area (Å²) in [5.74, 6) is -2.67. The fourth-order valence-electron chi connectivity index (χ4n) is 2.08. The van der Waals surface area contributed by atoms with Gasteiger partial charge in [-0.25, -0.2) is 0 Å². The van der Waals surface area contributed by atoms with Gasteiger partial charge in [-0.3, -0.25) is 4.79 Å². The molecule has 1 aliphatic heterocycles. The third-order valence-corrected chi connectivity index (χ3v) is 3.00. The summed E-state index contributed by atoms with van der Waals surface area (Å²) >= 11 is 0. The summed E-state index contributed by atoms with van der Waals surface area (Å²) in [4.78, 5) is 11.2. The largest absolute Gasteiger partial charge is 0.481 e. The molecule has 20 heavy (non-hydrogen) atoms. The maximum absolute atomic E-state index is 13.1. The summed E-state index contributed by atoms with van der Waals surface area (Å²) in [5, 5.41) is 9.17. The van der Waals surface area contributed by atoms with Crippen LogP contribution in [-0.4, -0.2) is 23.5 Å². The Hall–Kier alpha value is -1.92. The summed E-state index contributed by atoms with van der Waals surface area (Å²) in [7, 11) is 0. The summed E-state index contributed by atoms with van der Waals surface area (Å²) < 4.78 is 47.7. The zero-order valence-corrected chi connectivity index (χ0v) is 10.8. The average molecular weight is 290 g/mol. The third kappa shape index (κ3) is 2.52. The number of carboxylic acid groups (broad SMARTS) is 1. The summed E-state index contributed by atoms with van der Waals surface area (Å²) in [6.45, 7) is 3.42. The Labute approximate surface area is 113 Å². The van der Waals surface area contributed by atoms with Crippen molar-refractivity contribution in [2.24, 2.45) is 5.92 Å². The van der Waals surface area contributed by atoms with E-state index in [9.17, 15) is 23.1 Å². The molecule has 1 heterocycles. The van der Waals surface area contributed by atoms with Gasteiger partial charge in [-0.2, -0.15) is 13.2 Å². The number of ether oxygens (including phenoxy) is 2. The molecule has 0 amide bonds. The second-order valence-corrected chi connectivity index (χ2v) is 4.86. The number of halogens is 3. The maximum atomic E-state index is 13.1. The first-order valence-corrected chi connectivity index (χ1v) is 5.96. The van der Waals surface area contributed by atoms with Gasteiger partial charge in [0.15, 0.2) is 11.5 Å². The second kappa shape index (κ2) is 4.88. The molecule has 0 aliphatic carbocycles. The molecule has 7 heteroatoms. The fraction of sp³-hybridized carbons (Fsp3) is 0.462. The first-order chi connectivity index (χ1) is 9.22. The summed E-state index contributed by atoms with van der Waals surface area (Å²) in [6.07, 6.45) is -6.98. The second-order valence-electron chi connectivity index (χ2n) is 4.86. The fourth-order valence-corrected chi connectivity index (χ4v) is 2.08. The predicted octanol–water partition coefficient (Wildman–Crippen LogP) is 3.17. The molecule has 1 aromatic carbocycles. The van der Waals surface area contributed by atoms with Crippen molar-refractivity contribution in [2.75, 3.05) is 0 Å². The van der Waals surface area contributed by atoms with Crippen LogP contribution in [0.25, 0.3) is 0 Å². The molecular formula is C13H13F3O4. The van der Waals surface area contributed by atoms with Gasteiger partial charge in [0.25, 0.3) is 0 Å². The lowest BCUT2D eigenvalue weighted by Crippen LogP contribution is -2.43. The molecule has 2 unspecified atom stereocenters. The van der Waals surface area contributed by atoms with Crippen LogP contribution in [0.4, 0.5) is 13.2 Å². The Kier molecular flexibility index (Phi) is 3.54. The van der Waals surface area contributed by atoms with Crippen molar-refractivity contribution in [1.82, 2.24) is 0 Å². The minimum absolute atomic E-state index is 0.224. The Morgan fingerprint density at radius 3 is 2.55 bits per heavy atom. The van der Waals surface area contributed by atoms with Crippen molar-refractivity contribution < 1.29 is 32.5 Å². The Bertz CT molecular complexity index is 530. The van der Waals surface area contributed by atoms with Crippen LogP contribution in [0, 0.1) is 5.92 Å². The van der Waals surface area contributed by atoms with Gasteiger partial charge in [0.2, 0.25) is 0 Å². The minimum Gasteiger partial charge on any atom is -0.481 e. The standard InChI is InChI=1S/C13H13F3O4/c1-6(2)10(11(17)18)7-3-4-8-9(5-7)19-12(14)13(15,16)20-8/h3-6,10,12H,1-2H3,(H,17,18). The van der Waals surface area contributed by atoms with Crippen molar-refractivity contribution in [1.29, 1.82) is 0 Å². The molecule has 0 bridgehead atoms. The van der Waals surface area contributed by atoms with Gasteiger partial charge in [0.1, 0.15) is 0 Å². The topological polar surface area (TPSA) is 55.8 Å². The van der Waals surface area contributed by atoms with Crippen LogP contribution in [0.5, 0.6) is 11.5 Å². The Morgan fingerprint density at radius 1 is 1.35 bits per heavy atom. The number of fused-ring (bicyclic) bond motifs is 1. The number of rotatable bonds is 3. The van der Waals surface area contributed by atoms with Crippen LogP contribution in [0.2, 0.25) is 0 Å². The molecule has 0 radical (unpaired) electrons. The van der Waals surface area contributed by atoms with Gasteiger partial charge in [0.05, 0.1) is 5.92 Å². The first-order valence-electron chi connectivity index (χ1n) is 5.96. The molecule has 0 spiro atoms. The summed E-state index contributed by atoms with van der Waals surface area (Å²) in [6, 6.07) is 3.73. The highest BCUT2D eigenvalue weighted by Crippen LogP contribution is 2.42. The maximum Gasteiger partial charge on any atom is 0.468 e. The minimum atomic E-state index is -4.06. The van der Waals surface area contributed by atoms with Gasteiger partial charge in [-0.05, 0) is 23.6 Å². The van der Waals surface area contributed by atoms with E-state index in [4.69, 9.17) is 0 Å². The highest BCUT2D eigenvalue weighted by molar-refractivity contribution is 5.76. The number of alkyl halides is 3. The quantitative estimate of drug-likeness (QED) is 0.929. The highest BCUT2D eigenvalue weighted by atomic mass is 19.3. The molecule has 0 saturated heterocycles. The van der Waals surface area contributed by atoms with E-state index in [1.54, 1.807) is 13.8 Å². The molecule has 1 aromatic rings. The van der Waals surface area contributed by atoms with Gasteiger partial charge < -0.3 is 14.6 Å². The highest BCUT2D eigenvalue weighted by Gasteiger charge is 2.49. The zero-order chi connectivity index (χ0) is 15.1. The smallest absolute Gasteiger partial charge is 0.468 e. The number of carbonyl (C=O) groups is 1. The van der Waals surface area contributed by atoms with Crippen LogP contribution < -0.4 is 9.47 Å². The number of hydrogen-bond acceptors (Lipinski definition) is 3. The zero-order valence-electron chi connectivity index (χ0n) is 10.8. The number of hydrogen-bond donors (Lipinski definition) is 1. The molecule has 2 rings (SSSR count). The molecule has 0 saturated carbocycles. The lowest BCUT2D eigenvalue weighted by molar-refractivity contribution is -0.281. The average Bonchev–Trinajstić information content (AvgIpc) is 2.29. The van der Waals surface area contributed by atoms with Gasteiger partial charge in [-0.1, -0.05) is 19.9 Å². The van der Waals surface area contributed by atoms with Crippen LogP contribution >= 0.6 is 0 Å². The molecule has 0 fully saturated rings. The van der Waals surface area contributed by atoms with Gasteiger partial charge in [-0.15, -0.1) is 0 Å². The van der Waals surface area contributed by atoms with E-state index in [0.717, 1.165) is 6.07 Å². The van der Waals surface area contributed by atoms with E-state index < -0.39 is 24.4 Å². The lowest BCUT2D eigenvalue weighted by atomic mass is 9.88. The Balaban J connectivity index is 2.38. The van der Waals surface area contributed by atoms with E-state index in [0.29, 0.717) is 5.56 Å². The van der Waals surface area contributed by atoms with Crippen molar-refractivity contribution in [3.05, 3.63) is 23.8 Å². The Morgan fingerprint density at radius 2 is 2.00 bits per heavy atom.